The zero-order valence-electron chi connectivity index (χ0n) is 6.52. The predicted molar refractivity (Wildman–Crippen MR) is 40.7 cm³/mol. The van der Waals surface area contributed by atoms with Crippen LogP contribution in [0.4, 0.5) is 13.2 Å². The number of halogens is 4. The maximum absolute atomic E-state index is 12.7. The van der Waals surface area contributed by atoms with E-state index in [1.165, 1.54) is 7.11 Å². The molecule has 0 saturated carbocycles. The monoisotopic (exact) mass is 211 g/mol. The molecule has 1 heterocycles. The molecule has 0 amide bonds. The molecule has 0 bridgehead atoms. The highest BCUT2D eigenvalue weighted by Crippen LogP contribution is 2.29. The van der Waals surface area contributed by atoms with Gasteiger partial charge in [-0.1, -0.05) is 11.6 Å². The van der Waals surface area contributed by atoms with Crippen LogP contribution in [0.25, 0.3) is 0 Å². The molecule has 0 fully saturated rings. The van der Waals surface area contributed by atoms with E-state index in [9.17, 15) is 13.2 Å². The third-order valence-corrected chi connectivity index (χ3v) is 1.69. The van der Waals surface area contributed by atoms with Crippen LogP contribution in [-0.4, -0.2) is 12.1 Å². The molecule has 2 nitrogen and oxygen atoms in total. The summed E-state index contributed by atoms with van der Waals surface area (Å²) in [6.45, 7) is 0. The van der Waals surface area contributed by atoms with Gasteiger partial charge in [0.25, 0.3) is 6.43 Å². The third-order valence-electron chi connectivity index (χ3n) is 1.35. The molecular formula is C7H5ClF3NO. The quantitative estimate of drug-likeness (QED) is 0.702. The van der Waals surface area contributed by atoms with E-state index in [0.29, 0.717) is 0 Å². The third kappa shape index (κ3) is 2.03. The Bertz CT molecular complexity index is 319. The van der Waals surface area contributed by atoms with Gasteiger partial charge in [0.2, 0.25) is 5.95 Å². The molecule has 0 aromatic carbocycles. The highest BCUT2D eigenvalue weighted by molar-refractivity contribution is 6.32. The molecule has 1 rings (SSSR count). The molecule has 0 aliphatic carbocycles. The normalized spacial score (nSPS) is 10.6. The average Bonchev–Trinajstić information content (AvgIpc) is 2.09. The molecule has 0 spiro atoms. The summed E-state index contributed by atoms with van der Waals surface area (Å²) < 4.78 is 41.4. The van der Waals surface area contributed by atoms with Crippen molar-refractivity contribution < 1.29 is 17.9 Å². The van der Waals surface area contributed by atoms with Gasteiger partial charge in [-0.25, -0.2) is 13.8 Å². The van der Waals surface area contributed by atoms with Crippen molar-refractivity contribution in [2.45, 2.75) is 6.43 Å². The van der Waals surface area contributed by atoms with E-state index in [0.717, 1.165) is 6.07 Å². The highest BCUT2D eigenvalue weighted by atomic mass is 35.5. The van der Waals surface area contributed by atoms with Gasteiger partial charge in [-0.2, -0.15) is 4.39 Å². The minimum absolute atomic E-state index is 0.149. The van der Waals surface area contributed by atoms with Crippen LogP contribution in [0, 0.1) is 5.95 Å². The van der Waals surface area contributed by atoms with Crippen molar-refractivity contribution in [2.24, 2.45) is 0 Å². The van der Waals surface area contributed by atoms with Crippen LogP contribution in [0.15, 0.2) is 6.07 Å². The fourth-order valence-electron chi connectivity index (χ4n) is 0.754. The van der Waals surface area contributed by atoms with E-state index < -0.39 is 23.1 Å². The Labute approximate surface area is 77.3 Å². The number of ether oxygens (including phenoxy) is 1. The van der Waals surface area contributed by atoms with Gasteiger partial charge in [-0.3, -0.25) is 0 Å². The summed E-state index contributed by atoms with van der Waals surface area (Å²) in [4.78, 5) is 2.95. The molecule has 0 atom stereocenters. The molecule has 6 heteroatoms. The van der Waals surface area contributed by atoms with Crippen molar-refractivity contribution in [1.29, 1.82) is 0 Å². The minimum atomic E-state index is -2.85. The minimum Gasteiger partial charge on any atom is -0.495 e. The van der Waals surface area contributed by atoms with Gasteiger partial charge in [-0.05, 0) is 0 Å². The number of alkyl halides is 2. The Morgan fingerprint density at radius 1 is 1.54 bits per heavy atom. The summed E-state index contributed by atoms with van der Waals surface area (Å²) in [5.74, 6) is -1.30. The Kier molecular flexibility index (Phi) is 2.98. The van der Waals surface area contributed by atoms with Gasteiger partial charge in [-0.15, -0.1) is 0 Å². The summed E-state index contributed by atoms with van der Waals surface area (Å²) in [5.41, 5.74) is -0.696. The molecule has 0 aliphatic rings. The van der Waals surface area contributed by atoms with Crippen LogP contribution >= 0.6 is 11.6 Å². The van der Waals surface area contributed by atoms with Gasteiger partial charge >= 0.3 is 0 Å². The molecule has 1 aromatic heterocycles. The van der Waals surface area contributed by atoms with E-state index in [1.54, 1.807) is 0 Å². The van der Waals surface area contributed by atoms with E-state index >= 15 is 0 Å². The first kappa shape index (κ1) is 10.1. The van der Waals surface area contributed by atoms with E-state index in [1.807, 2.05) is 0 Å². The lowest BCUT2D eigenvalue weighted by molar-refractivity contribution is 0.144. The summed E-state index contributed by atoms with van der Waals surface area (Å²) >= 11 is 5.36. The van der Waals surface area contributed by atoms with E-state index in [-0.39, 0.29) is 5.75 Å². The lowest BCUT2D eigenvalue weighted by Gasteiger charge is -2.05. The topological polar surface area (TPSA) is 22.1 Å². The second-order valence-corrected chi connectivity index (χ2v) is 2.53. The molecule has 0 aliphatic heterocycles. The van der Waals surface area contributed by atoms with Gasteiger partial charge in [0.1, 0.15) is 16.5 Å². The molecule has 0 unspecified atom stereocenters. The molecule has 1 aromatic rings. The van der Waals surface area contributed by atoms with Crippen molar-refractivity contribution in [2.75, 3.05) is 7.11 Å². The van der Waals surface area contributed by atoms with Crippen LogP contribution in [0.5, 0.6) is 5.75 Å². The molecule has 0 radical (unpaired) electrons. The van der Waals surface area contributed by atoms with Gasteiger partial charge in [0.15, 0.2) is 0 Å². The highest BCUT2D eigenvalue weighted by Gasteiger charge is 2.16. The van der Waals surface area contributed by atoms with Crippen molar-refractivity contribution >= 4 is 11.6 Å². The number of methoxy groups -OCH3 is 1. The molecule has 0 N–H and O–H groups in total. The molecular weight excluding hydrogens is 207 g/mol. The molecule has 13 heavy (non-hydrogen) atoms. The predicted octanol–water partition coefficient (Wildman–Crippen LogP) is 2.82. The van der Waals surface area contributed by atoms with Gasteiger partial charge < -0.3 is 4.74 Å². The number of rotatable bonds is 2. The zero-order chi connectivity index (χ0) is 10.0. The second-order valence-electron chi connectivity index (χ2n) is 2.15. The SMILES string of the molecule is COc1cc(C(F)F)nc(F)c1Cl. The van der Waals surface area contributed by atoms with E-state index in [4.69, 9.17) is 11.6 Å². The summed E-state index contributed by atoms with van der Waals surface area (Å²) in [6, 6.07) is 0.899. The van der Waals surface area contributed by atoms with Crippen LogP contribution < -0.4 is 4.74 Å². The Hall–Kier alpha value is -0.970. The average molecular weight is 212 g/mol. The van der Waals surface area contributed by atoms with Crippen molar-refractivity contribution in [3.63, 3.8) is 0 Å². The van der Waals surface area contributed by atoms with Crippen LogP contribution in [0.2, 0.25) is 5.02 Å². The molecule has 72 valence electrons. The van der Waals surface area contributed by atoms with E-state index in [2.05, 4.69) is 9.72 Å². The zero-order valence-corrected chi connectivity index (χ0v) is 7.28. The molecule has 0 saturated heterocycles. The fourth-order valence-corrected chi connectivity index (χ4v) is 0.928. The number of hydrogen-bond acceptors (Lipinski definition) is 2. The summed E-state index contributed by atoms with van der Waals surface area (Å²) in [5, 5.41) is -0.396. The number of nitrogens with zero attached hydrogens (tertiary/aromatic N) is 1. The Balaban J connectivity index is 3.22. The summed E-state index contributed by atoms with van der Waals surface area (Å²) in [6.07, 6.45) is -2.85. The van der Waals surface area contributed by atoms with Crippen molar-refractivity contribution in [1.82, 2.24) is 4.98 Å². The van der Waals surface area contributed by atoms with Gasteiger partial charge in [0, 0.05) is 6.07 Å². The van der Waals surface area contributed by atoms with Crippen LogP contribution in [0.3, 0.4) is 0 Å². The Morgan fingerprint density at radius 2 is 2.15 bits per heavy atom. The Morgan fingerprint density at radius 3 is 2.62 bits per heavy atom. The maximum Gasteiger partial charge on any atom is 0.280 e. The van der Waals surface area contributed by atoms with Crippen LogP contribution in [-0.2, 0) is 0 Å². The fraction of sp³-hybridized carbons (Fsp3) is 0.286. The maximum atomic E-state index is 12.7. The first-order valence-electron chi connectivity index (χ1n) is 3.24. The van der Waals surface area contributed by atoms with Crippen molar-refractivity contribution in [3.05, 3.63) is 22.7 Å². The second kappa shape index (κ2) is 3.83. The lowest BCUT2D eigenvalue weighted by Crippen LogP contribution is -1.97. The van der Waals surface area contributed by atoms with Crippen molar-refractivity contribution in [3.8, 4) is 5.75 Å². The number of aromatic nitrogens is 1. The largest absolute Gasteiger partial charge is 0.495 e. The first-order chi connectivity index (χ1) is 6.06. The standard InChI is InChI=1S/C7H5ClF3NO/c1-13-4-2-3(6(9)10)12-7(11)5(4)8/h2,6H,1H3. The smallest absolute Gasteiger partial charge is 0.280 e. The lowest BCUT2D eigenvalue weighted by atomic mass is 10.3. The van der Waals surface area contributed by atoms with Crippen LogP contribution in [0.1, 0.15) is 12.1 Å². The number of hydrogen-bond donors (Lipinski definition) is 0. The van der Waals surface area contributed by atoms with Gasteiger partial charge in [0.05, 0.1) is 7.11 Å². The first-order valence-corrected chi connectivity index (χ1v) is 3.62. The number of pyridine rings is 1. The summed E-state index contributed by atoms with van der Waals surface area (Å²) in [7, 11) is 1.20.